The maximum absolute atomic E-state index is 12.6. The fourth-order valence-corrected chi connectivity index (χ4v) is 3.84. The Labute approximate surface area is 153 Å². The third kappa shape index (κ3) is 3.64. The minimum absolute atomic E-state index is 0.180. The molecule has 24 heavy (non-hydrogen) atoms. The van der Waals surface area contributed by atoms with Gasteiger partial charge in [-0.05, 0) is 18.6 Å². The second-order valence-electron chi connectivity index (χ2n) is 5.41. The molecule has 0 aliphatic carbocycles. The number of benzene rings is 1. The van der Waals surface area contributed by atoms with E-state index in [0.29, 0.717) is 17.4 Å². The number of alkyl halides is 1. The smallest absolute Gasteiger partial charge is 0.335 e. The van der Waals surface area contributed by atoms with Crippen molar-refractivity contribution in [1.29, 1.82) is 0 Å². The average Bonchev–Trinajstić information content (AvgIpc) is 2.51. The maximum atomic E-state index is 12.6. The van der Waals surface area contributed by atoms with Gasteiger partial charge < -0.3 is 15.3 Å². The number of amides is 1. The highest BCUT2D eigenvalue weighted by molar-refractivity contribution is 14.1. The Hall–Kier alpha value is -1.40. The number of hydrogen-bond donors (Lipinski definition) is 3. The molecule has 0 spiro atoms. The fraction of sp³-hybridized carbons (Fsp3) is 0.429. The Morgan fingerprint density at radius 2 is 2.12 bits per heavy atom. The summed E-state index contributed by atoms with van der Waals surface area (Å²) in [5.74, 6) is -1.50. The first-order valence-corrected chi connectivity index (χ1v) is 10.4. The number of sulfonamides is 1. The number of aromatic carboxylic acids is 1. The van der Waals surface area contributed by atoms with Crippen LogP contribution in [0.2, 0.25) is 0 Å². The van der Waals surface area contributed by atoms with Gasteiger partial charge in [0.05, 0.1) is 16.9 Å². The molecule has 0 saturated heterocycles. The van der Waals surface area contributed by atoms with Crippen LogP contribution in [0, 0.1) is 0 Å². The number of primary sulfonamides is 1. The monoisotopic (exact) mass is 467 g/mol. The number of nitrogens with zero attached hydrogens (tertiary/aromatic N) is 1. The molecule has 1 atom stereocenters. The lowest BCUT2D eigenvalue weighted by atomic mass is 10.1. The largest absolute Gasteiger partial charge is 0.478 e. The number of halogens is 1. The molecule has 4 N–H and O–H groups in total. The molecule has 1 aliphatic heterocycles. The number of rotatable bonds is 6. The Morgan fingerprint density at radius 1 is 1.46 bits per heavy atom. The van der Waals surface area contributed by atoms with Crippen LogP contribution >= 0.6 is 22.6 Å². The molecule has 0 saturated carbocycles. The number of carbonyl (C=O) groups is 2. The summed E-state index contributed by atoms with van der Waals surface area (Å²) in [6, 6.07) is 1.73. The highest BCUT2D eigenvalue weighted by Gasteiger charge is 2.35. The number of fused-ring (bicyclic) bond motifs is 1. The van der Waals surface area contributed by atoms with Gasteiger partial charge >= 0.3 is 5.97 Å². The molecule has 0 aromatic heterocycles. The summed E-state index contributed by atoms with van der Waals surface area (Å²) in [7, 11) is -4.16. The Balaban J connectivity index is 2.72. The van der Waals surface area contributed by atoms with E-state index in [1.807, 2.05) is 29.5 Å². The van der Waals surface area contributed by atoms with Crippen LogP contribution in [0.4, 0.5) is 11.4 Å². The lowest BCUT2D eigenvalue weighted by Gasteiger charge is -2.35. The van der Waals surface area contributed by atoms with Crippen molar-refractivity contribution in [3.8, 4) is 0 Å². The lowest BCUT2D eigenvalue weighted by Crippen LogP contribution is -2.49. The van der Waals surface area contributed by atoms with Gasteiger partial charge in [0.1, 0.15) is 10.9 Å². The highest BCUT2D eigenvalue weighted by atomic mass is 127. The van der Waals surface area contributed by atoms with Crippen molar-refractivity contribution in [3.05, 3.63) is 17.7 Å². The number of carboxylic acid groups (broad SMARTS) is 1. The van der Waals surface area contributed by atoms with Gasteiger partial charge in [-0.3, -0.25) is 4.79 Å². The summed E-state index contributed by atoms with van der Waals surface area (Å²) < 4.78 is 24.3. The van der Waals surface area contributed by atoms with Crippen LogP contribution < -0.4 is 15.4 Å². The standard InChI is InChI=1S/C14H18IN3O5S/c1-2-3-4-18-10-5-8(14(20)21)6-11(24(16,22)23)12(10)17-9(7-15)13(18)19/h5-6,9,17H,2-4,7H2,1H3,(H,20,21)(H2,16,22,23)/t9-/m1/s1. The van der Waals surface area contributed by atoms with E-state index in [9.17, 15) is 23.1 Å². The second kappa shape index (κ2) is 7.23. The van der Waals surface area contributed by atoms with Gasteiger partial charge in [0.25, 0.3) is 0 Å². The summed E-state index contributed by atoms with van der Waals surface area (Å²) >= 11 is 2.03. The first kappa shape index (κ1) is 18.9. The summed E-state index contributed by atoms with van der Waals surface area (Å²) in [5.41, 5.74) is 0.181. The van der Waals surface area contributed by atoms with E-state index >= 15 is 0 Å². The normalized spacial score (nSPS) is 17.4. The number of carbonyl (C=O) groups excluding carboxylic acids is 1. The molecular weight excluding hydrogens is 449 g/mol. The van der Waals surface area contributed by atoms with Gasteiger partial charge in [0, 0.05) is 11.0 Å². The van der Waals surface area contributed by atoms with Crippen molar-refractivity contribution in [2.24, 2.45) is 5.14 Å². The van der Waals surface area contributed by atoms with E-state index in [-0.39, 0.29) is 27.7 Å². The molecule has 0 fully saturated rings. The van der Waals surface area contributed by atoms with E-state index in [1.165, 1.54) is 11.0 Å². The minimum atomic E-state index is -4.16. The maximum Gasteiger partial charge on any atom is 0.335 e. The van der Waals surface area contributed by atoms with Crippen LogP contribution in [0.15, 0.2) is 17.0 Å². The number of nitrogens with two attached hydrogens (primary N) is 1. The van der Waals surface area contributed by atoms with Crippen LogP contribution in [-0.4, -0.2) is 42.4 Å². The summed E-state index contributed by atoms with van der Waals surface area (Å²) in [6.45, 7) is 2.34. The molecule has 132 valence electrons. The zero-order chi connectivity index (χ0) is 18.1. The van der Waals surface area contributed by atoms with Crippen molar-refractivity contribution < 1.29 is 23.1 Å². The van der Waals surface area contributed by atoms with Gasteiger partial charge in [-0.2, -0.15) is 0 Å². The van der Waals surface area contributed by atoms with Crippen molar-refractivity contribution in [2.45, 2.75) is 30.7 Å². The molecule has 1 amide bonds. The zero-order valence-corrected chi connectivity index (χ0v) is 15.9. The Morgan fingerprint density at radius 3 is 2.62 bits per heavy atom. The number of anilines is 2. The number of nitrogens with one attached hydrogen (secondary N) is 1. The molecule has 1 aliphatic rings. The summed E-state index contributed by atoms with van der Waals surface area (Å²) in [6.07, 6.45) is 1.54. The number of hydrogen-bond acceptors (Lipinski definition) is 5. The average molecular weight is 467 g/mol. The van der Waals surface area contributed by atoms with Gasteiger partial charge in [-0.15, -0.1) is 0 Å². The van der Waals surface area contributed by atoms with Crippen LogP contribution in [0.5, 0.6) is 0 Å². The van der Waals surface area contributed by atoms with Crippen LogP contribution in [-0.2, 0) is 14.8 Å². The topological polar surface area (TPSA) is 130 Å². The molecule has 8 nitrogen and oxygen atoms in total. The molecule has 10 heteroatoms. The van der Waals surface area contributed by atoms with Crippen molar-refractivity contribution in [2.75, 3.05) is 21.2 Å². The SMILES string of the molecule is CCCCN1C(=O)[C@@H](CI)Nc2c1cc(C(=O)O)cc2S(N)(=O)=O. The number of unbranched alkanes of at least 4 members (excludes halogenated alkanes) is 1. The van der Waals surface area contributed by atoms with E-state index in [4.69, 9.17) is 5.14 Å². The van der Waals surface area contributed by atoms with Crippen molar-refractivity contribution in [1.82, 2.24) is 0 Å². The van der Waals surface area contributed by atoms with Gasteiger partial charge in [-0.1, -0.05) is 35.9 Å². The Bertz CT molecular complexity index is 781. The lowest BCUT2D eigenvalue weighted by molar-refractivity contribution is -0.119. The van der Waals surface area contributed by atoms with E-state index in [2.05, 4.69) is 5.32 Å². The van der Waals surface area contributed by atoms with Gasteiger partial charge in [0.15, 0.2) is 0 Å². The van der Waals surface area contributed by atoms with E-state index in [0.717, 1.165) is 12.5 Å². The molecule has 1 aromatic rings. The second-order valence-corrected chi connectivity index (χ2v) is 7.82. The molecule has 0 radical (unpaired) electrons. The van der Waals surface area contributed by atoms with Crippen LogP contribution in [0.25, 0.3) is 0 Å². The first-order valence-electron chi connectivity index (χ1n) is 7.28. The summed E-state index contributed by atoms with van der Waals surface area (Å²) in [5, 5.41) is 17.4. The van der Waals surface area contributed by atoms with Crippen molar-refractivity contribution in [3.63, 3.8) is 0 Å². The first-order chi connectivity index (χ1) is 11.2. The molecule has 1 aromatic carbocycles. The van der Waals surface area contributed by atoms with Crippen molar-refractivity contribution >= 4 is 55.9 Å². The zero-order valence-electron chi connectivity index (χ0n) is 13.0. The van der Waals surface area contributed by atoms with Crippen LogP contribution in [0.3, 0.4) is 0 Å². The molecular formula is C14H18IN3O5S. The minimum Gasteiger partial charge on any atom is -0.478 e. The quantitative estimate of drug-likeness (QED) is 0.429. The third-order valence-electron chi connectivity index (χ3n) is 3.70. The predicted molar refractivity (Wildman–Crippen MR) is 98.3 cm³/mol. The van der Waals surface area contributed by atoms with Gasteiger partial charge in [-0.25, -0.2) is 18.4 Å². The molecule has 0 bridgehead atoms. The molecule has 1 heterocycles. The van der Waals surface area contributed by atoms with E-state index in [1.54, 1.807) is 0 Å². The third-order valence-corrected chi connectivity index (χ3v) is 5.51. The predicted octanol–water partition coefficient (Wildman–Crippen LogP) is 1.39. The molecule has 0 unspecified atom stereocenters. The number of carboxylic acids is 1. The molecule has 2 rings (SSSR count). The van der Waals surface area contributed by atoms with Crippen LogP contribution in [0.1, 0.15) is 30.1 Å². The summed E-state index contributed by atoms with van der Waals surface area (Å²) in [4.78, 5) is 25.1. The van der Waals surface area contributed by atoms with Gasteiger partial charge in [0.2, 0.25) is 15.9 Å². The highest BCUT2D eigenvalue weighted by Crippen LogP contribution is 2.38. The van der Waals surface area contributed by atoms with E-state index < -0.39 is 22.0 Å². The fourth-order valence-electron chi connectivity index (χ4n) is 2.50. The Kier molecular flexibility index (Phi) is 5.71.